The second-order valence-electron chi connectivity index (χ2n) is 6.67. The summed E-state index contributed by atoms with van der Waals surface area (Å²) < 4.78 is 6.17. The minimum atomic E-state index is -0.221. The van der Waals surface area contributed by atoms with Gasteiger partial charge < -0.3 is 14.5 Å². The van der Waals surface area contributed by atoms with E-state index in [-0.39, 0.29) is 11.5 Å². The van der Waals surface area contributed by atoms with Gasteiger partial charge in [0.25, 0.3) is 0 Å². The van der Waals surface area contributed by atoms with Gasteiger partial charge in [-0.2, -0.15) is 0 Å². The lowest BCUT2D eigenvalue weighted by Crippen LogP contribution is -2.61. The van der Waals surface area contributed by atoms with Crippen LogP contribution >= 0.6 is 11.3 Å². The highest BCUT2D eigenvalue weighted by atomic mass is 32.1. The van der Waals surface area contributed by atoms with Gasteiger partial charge in [0.15, 0.2) is 0 Å². The van der Waals surface area contributed by atoms with Gasteiger partial charge in [-0.25, -0.2) is 0 Å². The van der Waals surface area contributed by atoms with E-state index < -0.39 is 0 Å². The number of nitrogens with zero attached hydrogens (tertiary/aromatic N) is 4. The Morgan fingerprint density at radius 1 is 1.32 bits per heavy atom. The average Bonchev–Trinajstić information content (AvgIpc) is 3.00. The smallest absolute Gasteiger partial charge is 0.225 e. The highest BCUT2D eigenvalue weighted by Crippen LogP contribution is 2.34. The van der Waals surface area contributed by atoms with Crippen LogP contribution in [0, 0.1) is 5.92 Å². The zero-order valence-electron chi connectivity index (χ0n) is 12.7. The highest BCUT2D eigenvalue weighted by Gasteiger charge is 2.43. The molecule has 2 saturated heterocycles. The molecule has 1 atom stereocenters. The SMILES string of the molecule is O=C(C1CCC1)N1CCO[C@@]2(CCCN(c3nncs3)C2)C1. The fraction of sp³-hybridized carbons (Fsp3) is 0.800. The Labute approximate surface area is 134 Å². The molecule has 1 amide bonds. The van der Waals surface area contributed by atoms with Gasteiger partial charge in [-0.05, 0) is 25.7 Å². The summed E-state index contributed by atoms with van der Waals surface area (Å²) in [7, 11) is 0. The maximum atomic E-state index is 12.6. The maximum Gasteiger partial charge on any atom is 0.225 e. The zero-order valence-corrected chi connectivity index (χ0v) is 13.6. The van der Waals surface area contributed by atoms with Gasteiger partial charge in [0.1, 0.15) is 11.1 Å². The van der Waals surface area contributed by atoms with Crippen LogP contribution in [-0.4, -0.2) is 59.4 Å². The number of carbonyl (C=O) groups excluding carboxylic acids is 1. The van der Waals surface area contributed by atoms with Crippen molar-refractivity contribution in [2.75, 3.05) is 37.7 Å². The van der Waals surface area contributed by atoms with Crippen molar-refractivity contribution in [2.45, 2.75) is 37.7 Å². The molecule has 0 bridgehead atoms. The molecule has 0 aromatic carbocycles. The molecule has 22 heavy (non-hydrogen) atoms. The van der Waals surface area contributed by atoms with Crippen LogP contribution in [0.2, 0.25) is 0 Å². The molecular formula is C15H22N4O2S. The Balaban J connectivity index is 1.46. The minimum absolute atomic E-state index is 0.221. The van der Waals surface area contributed by atoms with Crippen molar-refractivity contribution in [1.82, 2.24) is 15.1 Å². The maximum absolute atomic E-state index is 12.6. The van der Waals surface area contributed by atoms with Crippen LogP contribution in [0.5, 0.6) is 0 Å². The molecule has 0 N–H and O–H groups in total. The number of amides is 1. The van der Waals surface area contributed by atoms with Gasteiger partial charge in [0.2, 0.25) is 11.0 Å². The lowest BCUT2D eigenvalue weighted by Gasteiger charge is -2.48. The van der Waals surface area contributed by atoms with Crippen LogP contribution in [0.4, 0.5) is 5.13 Å². The molecule has 6 nitrogen and oxygen atoms in total. The number of hydrogen-bond acceptors (Lipinski definition) is 6. The third-order valence-electron chi connectivity index (χ3n) is 5.17. The summed E-state index contributed by atoms with van der Waals surface area (Å²) in [6.07, 6.45) is 5.44. The van der Waals surface area contributed by atoms with Gasteiger partial charge in [-0.1, -0.05) is 17.8 Å². The average molecular weight is 322 g/mol. The summed E-state index contributed by atoms with van der Waals surface area (Å²) in [6, 6.07) is 0. The fourth-order valence-electron chi connectivity index (χ4n) is 3.76. The van der Waals surface area contributed by atoms with Crippen LogP contribution in [0.25, 0.3) is 0 Å². The van der Waals surface area contributed by atoms with Crippen LogP contribution in [0.15, 0.2) is 5.51 Å². The lowest BCUT2D eigenvalue weighted by atomic mass is 9.83. The highest BCUT2D eigenvalue weighted by molar-refractivity contribution is 7.13. The minimum Gasteiger partial charge on any atom is -0.369 e. The Bertz CT molecular complexity index is 530. The van der Waals surface area contributed by atoms with Crippen molar-refractivity contribution in [3.8, 4) is 0 Å². The van der Waals surface area contributed by atoms with E-state index in [1.165, 1.54) is 6.42 Å². The topological polar surface area (TPSA) is 58.6 Å². The molecule has 3 fully saturated rings. The molecule has 3 heterocycles. The van der Waals surface area contributed by atoms with E-state index in [9.17, 15) is 4.79 Å². The molecular weight excluding hydrogens is 300 g/mol. The Kier molecular flexibility index (Phi) is 3.78. The number of piperidine rings is 1. The van der Waals surface area contributed by atoms with Gasteiger partial charge in [0.05, 0.1) is 19.7 Å². The monoisotopic (exact) mass is 322 g/mol. The van der Waals surface area contributed by atoms with E-state index in [4.69, 9.17) is 4.74 Å². The Morgan fingerprint density at radius 2 is 2.23 bits per heavy atom. The predicted molar refractivity (Wildman–Crippen MR) is 84.0 cm³/mol. The summed E-state index contributed by atoms with van der Waals surface area (Å²) in [5.41, 5.74) is 1.55. The van der Waals surface area contributed by atoms with Crippen molar-refractivity contribution >= 4 is 22.4 Å². The fourth-order valence-corrected chi connectivity index (χ4v) is 4.35. The standard InChI is InChI=1S/C15H22N4O2S/c20-13(12-3-1-4-12)18-7-8-21-15(9-18)5-2-6-19(10-15)14-17-16-11-22-14/h11-12H,1-10H2/t15-/m0/s1. The van der Waals surface area contributed by atoms with E-state index in [1.54, 1.807) is 16.8 Å². The summed E-state index contributed by atoms with van der Waals surface area (Å²) >= 11 is 1.57. The predicted octanol–water partition coefficient (Wildman–Crippen LogP) is 1.54. The number of rotatable bonds is 2. The van der Waals surface area contributed by atoms with E-state index in [0.29, 0.717) is 12.5 Å². The first-order chi connectivity index (χ1) is 10.8. The molecule has 1 saturated carbocycles. The molecule has 1 aromatic rings. The van der Waals surface area contributed by atoms with Crippen LogP contribution < -0.4 is 4.90 Å². The first-order valence-corrected chi connectivity index (χ1v) is 9.08. The third-order valence-corrected chi connectivity index (χ3v) is 5.92. The third kappa shape index (κ3) is 2.60. The van der Waals surface area contributed by atoms with Gasteiger partial charge >= 0.3 is 0 Å². The van der Waals surface area contributed by atoms with Crippen LogP contribution in [-0.2, 0) is 9.53 Å². The van der Waals surface area contributed by atoms with E-state index in [0.717, 1.165) is 57.0 Å². The molecule has 2 aliphatic heterocycles. The second kappa shape index (κ2) is 5.77. The largest absolute Gasteiger partial charge is 0.369 e. The molecule has 4 rings (SSSR count). The molecule has 3 aliphatic rings. The number of anilines is 1. The summed E-state index contributed by atoms with van der Waals surface area (Å²) in [5, 5.41) is 9.08. The molecule has 0 radical (unpaired) electrons. The van der Waals surface area contributed by atoms with Crippen LogP contribution in [0.1, 0.15) is 32.1 Å². The number of hydrogen-bond donors (Lipinski definition) is 0. The van der Waals surface area contributed by atoms with Crippen molar-refractivity contribution in [1.29, 1.82) is 0 Å². The number of aromatic nitrogens is 2. The molecule has 1 aliphatic carbocycles. The van der Waals surface area contributed by atoms with Crippen molar-refractivity contribution in [2.24, 2.45) is 5.92 Å². The zero-order chi connectivity index (χ0) is 15.0. The van der Waals surface area contributed by atoms with Gasteiger partial charge in [-0.15, -0.1) is 10.2 Å². The summed E-state index contributed by atoms with van der Waals surface area (Å²) in [4.78, 5) is 16.9. The van der Waals surface area contributed by atoms with Crippen molar-refractivity contribution in [3.63, 3.8) is 0 Å². The van der Waals surface area contributed by atoms with Gasteiger partial charge in [0, 0.05) is 19.0 Å². The molecule has 120 valence electrons. The summed E-state index contributed by atoms with van der Waals surface area (Å²) in [5.74, 6) is 0.625. The molecule has 1 spiro atoms. The summed E-state index contributed by atoms with van der Waals surface area (Å²) in [6.45, 7) is 3.95. The molecule has 7 heteroatoms. The normalized spacial score (nSPS) is 29.6. The first-order valence-electron chi connectivity index (χ1n) is 8.20. The Hall–Kier alpha value is -1.21. The quantitative estimate of drug-likeness (QED) is 0.826. The number of morpholine rings is 1. The van der Waals surface area contributed by atoms with E-state index >= 15 is 0 Å². The molecule has 0 unspecified atom stereocenters. The van der Waals surface area contributed by atoms with Crippen molar-refractivity contribution in [3.05, 3.63) is 5.51 Å². The van der Waals surface area contributed by atoms with Gasteiger partial charge in [-0.3, -0.25) is 4.79 Å². The number of ether oxygens (including phenoxy) is 1. The van der Waals surface area contributed by atoms with Crippen molar-refractivity contribution < 1.29 is 9.53 Å². The first kappa shape index (κ1) is 14.4. The lowest BCUT2D eigenvalue weighted by molar-refractivity contribution is -0.158. The second-order valence-corrected chi connectivity index (χ2v) is 7.48. The Morgan fingerprint density at radius 3 is 2.95 bits per heavy atom. The van der Waals surface area contributed by atoms with E-state index in [2.05, 4.69) is 20.0 Å². The van der Waals surface area contributed by atoms with E-state index in [1.807, 2.05) is 0 Å². The molecule has 1 aromatic heterocycles. The van der Waals surface area contributed by atoms with Crippen LogP contribution in [0.3, 0.4) is 0 Å². The number of carbonyl (C=O) groups is 1.